The Balaban J connectivity index is 1.54. The molecule has 0 radical (unpaired) electrons. The highest BCUT2D eigenvalue weighted by Crippen LogP contribution is 2.44. The predicted molar refractivity (Wildman–Crippen MR) is 149 cm³/mol. The maximum Gasteiger partial charge on any atom is 0.354 e. The number of carboxylic acid groups (broad SMARTS) is 1. The van der Waals surface area contributed by atoms with Crippen LogP contribution in [0, 0.1) is 13.8 Å². The molecule has 3 N–H and O–H groups in total. The van der Waals surface area contributed by atoms with Crippen LogP contribution in [0.15, 0.2) is 65.4 Å². The number of nitrogens with zero attached hydrogens (tertiary/aromatic N) is 3. The molecular formula is C30H25N5O4. The highest BCUT2D eigenvalue weighted by molar-refractivity contribution is 6.07. The molecule has 9 nitrogen and oxygen atoms in total. The van der Waals surface area contributed by atoms with E-state index in [-0.39, 0.29) is 17.6 Å². The molecule has 2 aromatic carbocycles. The van der Waals surface area contributed by atoms with Gasteiger partial charge in [-0.3, -0.25) is 9.78 Å². The van der Waals surface area contributed by atoms with Crippen LogP contribution in [0.5, 0.6) is 0 Å². The monoisotopic (exact) mass is 519 g/mol. The Labute approximate surface area is 223 Å². The van der Waals surface area contributed by atoms with Gasteiger partial charge in [0.05, 0.1) is 22.8 Å². The van der Waals surface area contributed by atoms with Crippen molar-refractivity contribution in [1.29, 1.82) is 0 Å². The number of pyridine rings is 2. The summed E-state index contributed by atoms with van der Waals surface area (Å²) in [5, 5.41) is 21.8. The van der Waals surface area contributed by atoms with E-state index < -0.39 is 5.97 Å². The van der Waals surface area contributed by atoms with Gasteiger partial charge in [0.1, 0.15) is 11.5 Å². The minimum absolute atomic E-state index is 0.0190. The second-order valence-corrected chi connectivity index (χ2v) is 9.78. The standard InChI is InChI=1S/C30H25N5O4/c1-15-9-27(36)34-26-12-20(28-16(2)35-39-17(28)3)10-22(29(26)33-15)21-6-4-5-18-11-25(32-14-23(18)21)19-7-8-24(30(37)38)31-13-19/h4-8,10-15,33H,9H2,1-3H3,(H,34,36)(H,37,38)/t15-/m1/s1. The van der Waals surface area contributed by atoms with Gasteiger partial charge < -0.3 is 20.3 Å². The van der Waals surface area contributed by atoms with Gasteiger partial charge in [-0.25, -0.2) is 9.78 Å². The highest BCUT2D eigenvalue weighted by atomic mass is 16.5. The Morgan fingerprint density at radius 2 is 1.87 bits per heavy atom. The SMILES string of the molecule is Cc1noc(C)c1-c1cc2c(c(-c3cccc4cc(-c5ccc(C(=O)O)nc5)ncc34)c1)N[C@H](C)CC(=O)N2. The molecule has 0 aliphatic carbocycles. The zero-order chi connectivity index (χ0) is 27.3. The molecule has 0 spiro atoms. The fourth-order valence-electron chi connectivity index (χ4n) is 5.16. The average Bonchev–Trinajstić information content (AvgIpc) is 3.17. The van der Waals surface area contributed by atoms with Crippen molar-refractivity contribution in [2.75, 3.05) is 10.6 Å². The van der Waals surface area contributed by atoms with Gasteiger partial charge in [0, 0.05) is 46.9 Å². The summed E-state index contributed by atoms with van der Waals surface area (Å²) in [4.78, 5) is 32.5. The lowest BCUT2D eigenvalue weighted by Crippen LogP contribution is -2.19. The van der Waals surface area contributed by atoms with E-state index in [2.05, 4.69) is 26.8 Å². The second kappa shape index (κ2) is 9.36. The molecule has 6 rings (SSSR count). The first kappa shape index (κ1) is 24.3. The maximum absolute atomic E-state index is 12.6. The van der Waals surface area contributed by atoms with Crippen molar-refractivity contribution in [3.63, 3.8) is 0 Å². The molecule has 5 aromatic rings. The summed E-state index contributed by atoms with van der Waals surface area (Å²) >= 11 is 0. The molecule has 0 fully saturated rings. The van der Waals surface area contributed by atoms with E-state index >= 15 is 0 Å². The van der Waals surface area contributed by atoms with Crippen molar-refractivity contribution in [2.24, 2.45) is 0 Å². The molecule has 0 saturated carbocycles. The van der Waals surface area contributed by atoms with Crippen LogP contribution in [0.25, 0.3) is 44.3 Å². The number of anilines is 2. The van der Waals surface area contributed by atoms with Gasteiger partial charge in [0.2, 0.25) is 5.91 Å². The second-order valence-electron chi connectivity index (χ2n) is 9.78. The van der Waals surface area contributed by atoms with Gasteiger partial charge in [-0.05, 0) is 67.6 Å². The first-order valence-corrected chi connectivity index (χ1v) is 12.5. The highest BCUT2D eigenvalue weighted by Gasteiger charge is 2.24. The van der Waals surface area contributed by atoms with Crippen molar-refractivity contribution >= 4 is 34.0 Å². The summed E-state index contributed by atoms with van der Waals surface area (Å²) in [5.74, 6) is -0.427. The summed E-state index contributed by atoms with van der Waals surface area (Å²) in [6.45, 7) is 5.76. The van der Waals surface area contributed by atoms with Gasteiger partial charge >= 0.3 is 5.97 Å². The minimum Gasteiger partial charge on any atom is -0.477 e. The van der Waals surface area contributed by atoms with Gasteiger partial charge in [-0.1, -0.05) is 23.4 Å². The van der Waals surface area contributed by atoms with E-state index in [0.29, 0.717) is 23.6 Å². The summed E-state index contributed by atoms with van der Waals surface area (Å²) in [6, 6.07) is 15.2. The zero-order valence-electron chi connectivity index (χ0n) is 21.6. The Bertz CT molecular complexity index is 1760. The zero-order valence-corrected chi connectivity index (χ0v) is 21.6. The quantitative estimate of drug-likeness (QED) is 0.261. The van der Waals surface area contributed by atoms with E-state index in [1.807, 2.05) is 57.3 Å². The van der Waals surface area contributed by atoms with Crippen LogP contribution in [0.3, 0.4) is 0 Å². The molecule has 1 atom stereocenters. The minimum atomic E-state index is -1.07. The maximum atomic E-state index is 12.6. The van der Waals surface area contributed by atoms with Crippen molar-refractivity contribution in [1.82, 2.24) is 15.1 Å². The molecule has 0 bridgehead atoms. The number of nitrogens with one attached hydrogen (secondary N) is 2. The molecule has 1 amide bonds. The third-order valence-electron chi connectivity index (χ3n) is 6.95. The summed E-state index contributed by atoms with van der Waals surface area (Å²) in [5.41, 5.74) is 7.35. The number of aromatic carboxylic acids is 1. The fraction of sp³-hybridized carbons (Fsp3) is 0.167. The van der Waals surface area contributed by atoms with E-state index in [9.17, 15) is 9.59 Å². The number of benzene rings is 2. The predicted octanol–water partition coefficient (Wildman–Crippen LogP) is 6.08. The van der Waals surface area contributed by atoms with Gasteiger partial charge in [0.15, 0.2) is 0 Å². The topological polar surface area (TPSA) is 130 Å². The van der Waals surface area contributed by atoms with Gasteiger partial charge in [-0.2, -0.15) is 0 Å². The molecule has 39 heavy (non-hydrogen) atoms. The van der Waals surface area contributed by atoms with E-state index in [0.717, 1.165) is 50.0 Å². The molecule has 0 saturated heterocycles. The normalized spacial score (nSPS) is 14.8. The Morgan fingerprint density at radius 1 is 1.03 bits per heavy atom. The molecular weight excluding hydrogens is 494 g/mol. The van der Waals surface area contributed by atoms with Crippen molar-refractivity contribution in [3.8, 4) is 33.5 Å². The molecule has 1 aliphatic heterocycles. The lowest BCUT2D eigenvalue weighted by atomic mass is 9.92. The lowest BCUT2D eigenvalue weighted by Gasteiger charge is -2.20. The van der Waals surface area contributed by atoms with Crippen LogP contribution in [-0.4, -0.2) is 38.1 Å². The molecule has 3 aromatic heterocycles. The Hall–Kier alpha value is -5.05. The smallest absolute Gasteiger partial charge is 0.354 e. The number of aryl methyl sites for hydroxylation is 2. The van der Waals surface area contributed by atoms with Gasteiger partial charge in [-0.15, -0.1) is 0 Å². The number of hydrogen-bond donors (Lipinski definition) is 3. The number of amides is 1. The van der Waals surface area contributed by atoms with Crippen LogP contribution in [0.1, 0.15) is 35.3 Å². The number of carbonyl (C=O) groups is 2. The third-order valence-corrected chi connectivity index (χ3v) is 6.95. The average molecular weight is 520 g/mol. The van der Waals surface area contributed by atoms with Crippen LogP contribution < -0.4 is 10.6 Å². The number of carbonyl (C=O) groups excluding carboxylic acids is 1. The number of aromatic nitrogens is 3. The first-order chi connectivity index (χ1) is 18.8. The number of carboxylic acids is 1. The molecule has 4 heterocycles. The summed E-state index contributed by atoms with van der Waals surface area (Å²) in [6.07, 6.45) is 3.69. The van der Waals surface area contributed by atoms with Crippen LogP contribution in [0.2, 0.25) is 0 Å². The summed E-state index contributed by atoms with van der Waals surface area (Å²) in [7, 11) is 0. The van der Waals surface area contributed by atoms with E-state index in [4.69, 9.17) is 14.6 Å². The van der Waals surface area contributed by atoms with E-state index in [1.54, 1.807) is 6.07 Å². The molecule has 194 valence electrons. The van der Waals surface area contributed by atoms with E-state index in [1.165, 1.54) is 12.3 Å². The Kier molecular flexibility index (Phi) is 5.83. The van der Waals surface area contributed by atoms with Gasteiger partial charge in [0.25, 0.3) is 0 Å². The van der Waals surface area contributed by atoms with Crippen LogP contribution in [0.4, 0.5) is 11.4 Å². The molecule has 1 aliphatic rings. The molecule has 9 heteroatoms. The number of rotatable bonds is 4. The van der Waals surface area contributed by atoms with Crippen molar-refractivity contribution in [2.45, 2.75) is 33.2 Å². The lowest BCUT2D eigenvalue weighted by molar-refractivity contribution is -0.116. The van der Waals surface area contributed by atoms with Crippen LogP contribution in [-0.2, 0) is 4.79 Å². The fourth-order valence-corrected chi connectivity index (χ4v) is 5.16. The largest absolute Gasteiger partial charge is 0.477 e. The third kappa shape index (κ3) is 4.37. The summed E-state index contributed by atoms with van der Waals surface area (Å²) < 4.78 is 5.45. The number of hydrogen-bond acceptors (Lipinski definition) is 7. The van der Waals surface area contributed by atoms with Crippen molar-refractivity contribution < 1.29 is 19.2 Å². The molecule has 0 unspecified atom stereocenters. The first-order valence-electron chi connectivity index (χ1n) is 12.5. The van der Waals surface area contributed by atoms with Crippen molar-refractivity contribution in [3.05, 3.63) is 78.1 Å². The number of fused-ring (bicyclic) bond motifs is 2. The Morgan fingerprint density at radius 3 is 2.59 bits per heavy atom. The van der Waals surface area contributed by atoms with Crippen LogP contribution >= 0.6 is 0 Å².